The first-order chi connectivity index (χ1) is 13.8. The number of rotatable bonds is 12. The van der Waals surface area contributed by atoms with Gasteiger partial charge < -0.3 is 0 Å². The van der Waals surface area contributed by atoms with Gasteiger partial charge in [-0.1, -0.05) is 106 Å². The molecule has 0 aliphatic carbocycles. The maximum Gasteiger partial charge on any atom is 0.120 e. The molecule has 0 saturated heterocycles. The monoisotopic (exact) mass is 377 g/mol. The number of fused-ring (bicyclic) bond motifs is 1. The normalized spacial score (nSPS) is 11.4. The SMILES string of the molecule is CCCCCCCCCCCCc1cc(C)cc(-c2cccc3[nH]nnc23)c1. The van der Waals surface area contributed by atoms with Crippen LogP contribution in [0.15, 0.2) is 36.4 Å². The lowest BCUT2D eigenvalue weighted by Gasteiger charge is -2.09. The molecule has 3 heteroatoms. The molecule has 1 N–H and O–H groups in total. The van der Waals surface area contributed by atoms with Gasteiger partial charge in [0.05, 0.1) is 5.52 Å². The Labute approximate surface area is 169 Å². The third-order valence-electron chi connectivity index (χ3n) is 5.62. The van der Waals surface area contributed by atoms with E-state index in [1.165, 1.54) is 92.9 Å². The molecule has 3 rings (SSSR count). The van der Waals surface area contributed by atoms with Crippen LogP contribution in [0.25, 0.3) is 22.2 Å². The quantitative estimate of drug-likeness (QED) is 0.334. The number of aromatic amines is 1. The number of hydrogen-bond acceptors (Lipinski definition) is 2. The molecular formula is C25H35N3. The Hall–Kier alpha value is -2.16. The zero-order valence-electron chi connectivity index (χ0n) is 17.6. The van der Waals surface area contributed by atoms with Crippen molar-refractivity contribution in [3.8, 4) is 11.1 Å². The second-order valence-electron chi connectivity index (χ2n) is 8.15. The van der Waals surface area contributed by atoms with E-state index in [-0.39, 0.29) is 0 Å². The zero-order valence-corrected chi connectivity index (χ0v) is 17.6. The highest BCUT2D eigenvalue weighted by atomic mass is 15.3. The largest absolute Gasteiger partial charge is 0.258 e. The fraction of sp³-hybridized carbons (Fsp3) is 0.520. The summed E-state index contributed by atoms with van der Waals surface area (Å²) in [6, 6.07) is 13.2. The van der Waals surface area contributed by atoms with Crippen molar-refractivity contribution < 1.29 is 0 Å². The second kappa shape index (κ2) is 11.0. The third kappa shape index (κ3) is 5.92. The molecule has 3 nitrogen and oxygen atoms in total. The van der Waals surface area contributed by atoms with E-state index < -0.39 is 0 Å². The van der Waals surface area contributed by atoms with Crippen LogP contribution >= 0.6 is 0 Å². The number of benzene rings is 2. The van der Waals surface area contributed by atoms with Gasteiger partial charge in [-0.3, -0.25) is 5.10 Å². The van der Waals surface area contributed by atoms with Gasteiger partial charge >= 0.3 is 0 Å². The summed E-state index contributed by atoms with van der Waals surface area (Å²) < 4.78 is 0. The molecule has 2 aromatic carbocycles. The van der Waals surface area contributed by atoms with E-state index in [2.05, 4.69) is 59.6 Å². The molecule has 150 valence electrons. The van der Waals surface area contributed by atoms with E-state index in [9.17, 15) is 0 Å². The first-order valence-corrected chi connectivity index (χ1v) is 11.2. The van der Waals surface area contributed by atoms with Crippen LogP contribution in [0, 0.1) is 6.92 Å². The smallest absolute Gasteiger partial charge is 0.120 e. The van der Waals surface area contributed by atoms with Crippen molar-refractivity contribution in [3.63, 3.8) is 0 Å². The van der Waals surface area contributed by atoms with E-state index in [1.54, 1.807) is 0 Å². The van der Waals surface area contributed by atoms with Crippen LogP contribution in [0.1, 0.15) is 82.3 Å². The minimum Gasteiger partial charge on any atom is -0.258 e. The van der Waals surface area contributed by atoms with Crippen molar-refractivity contribution >= 4 is 11.0 Å². The molecule has 0 aliphatic rings. The van der Waals surface area contributed by atoms with E-state index in [0.717, 1.165) is 11.0 Å². The first kappa shape index (κ1) is 20.6. The van der Waals surface area contributed by atoms with Crippen LogP contribution in [-0.4, -0.2) is 15.4 Å². The van der Waals surface area contributed by atoms with Gasteiger partial charge in [0.1, 0.15) is 5.52 Å². The minimum atomic E-state index is 0.956. The van der Waals surface area contributed by atoms with Gasteiger partial charge in [-0.05, 0) is 37.0 Å². The van der Waals surface area contributed by atoms with Gasteiger partial charge in [0, 0.05) is 5.56 Å². The maximum atomic E-state index is 4.28. The van der Waals surface area contributed by atoms with Gasteiger partial charge in [-0.15, -0.1) is 5.10 Å². The molecule has 1 heterocycles. The lowest BCUT2D eigenvalue weighted by molar-refractivity contribution is 0.556. The summed E-state index contributed by atoms with van der Waals surface area (Å²) in [5.41, 5.74) is 7.13. The van der Waals surface area contributed by atoms with Crippen molar-refractivity contribution in [3.05, 3.63) is 47.5 Å². The van der Waals surface area contributed by atoms with Crippen LogP contribution in [0.5, 0.6) is 0 Å². The summed E-state index contributed by atoms with van der Waals surface area (Å²) in [5.74, 6) is 0. The lowest BCUT2D eigenvalue weighted by atomic mass is 9.96. The van der Waals surface area contributed by atoms with Gasteiger partial charge in [-0.2, -0.15) is 0 Å². The standard InChI is InChI=1S/C25H35N3/c1-3-4-5-6-7-8-9-10-11-12-14-21-17-20(2)18-22(19-21)23-15-13-16-24-25(23)27-28-26-24/h13,15-19H,3-12,14H2,1-2H3,(H,26,27,28). The Bertz CT molecular complexity index is 850. The van der Waals surface area contributed by atoms with Crippen LogP contribution in [0.3, 0.4) is 0 Å². The molecule has 0 aliphatic heterocycles. The number of H-pyrrole nitrogens is 1. The summed E-state index contributed by atoms with van der Waals surface area (Å²) >= 11 is 0. The average Bonchev–Trinajstić information content (AvgIpc) is 3.18. The van der Waals surface area contributed by atoms with Crippen molar-refractivity contribution in [1.82, 2.24) is 15.4 Å². The van der Waals surface area contributed by atoms with Gasteiger partial charge in [-0.25, -0.2) is 0 Å². The number of nitrogens with one attached hydrogen (secondary N) is 1. The summed E-state index contributed by atoms with van der Waals surface area (Å²) in [6.07, 6.45) is 15.0. The maximum absolute atomic E-state index is 4.28. The summed E-state index contributed by atoms with van der Waals surface area (Å²) in [5, 5.41) is 11.2. The number of hydrogen-bond donors (Lipinski definition) is 1. The molecule has 0 fully saturated rings. The zero-order chi connectivity index (χ0) is 19.6. The van der Waals surface area contributed by atoms with Crippen molar-refractivity contribution in [1.29, 1.82) is 0 Å². The Kier molecular flexibility index (Phi) is 8.07. The molecule has 3 aromatic rings. The topological polar surface area (TPSA) is 41.6 Å². The highest BCUT2D eigenvalue weighted by molar-refractivity contribution is 5.91. The van der Waals surface area contributed by atoms with Gasteiger partial charge in [0.15, 0.2) is 0 Å². The Morgan fingerprint density at radius 3 is 2.29 bits per heavy atom. The number of unbranched alkanes of at least 4 members (excludes halogenated alkanes) is 9. The molecule has 28 heavy (non-hydrogen) atoms. The van der Waals surface area contributed by atoms with Gasteiger partial charge in [0.25, 0.3) is 0 Å². The molecule has 0 amide bonds. The van der Waals surface area contributed by atoms with Crippen LogP contribution in [0.2, 0.25) is 0 Å². The van der Waals surface area contributed by atoms with E-state index in [4.69, 9.17) is 0 Å². The molecule has 0 radical (unpaired) electrons. The summed E-state index contributed by atoms with van der Waals surface area (Å²) in [6.45, 7) is 4.47. The van der Waals surface area contributed by atoms with Crippen LogP contribution in [-0.2, 0) is 6.42 Å². The Morgan fingerprint density at radius 1 is 0.821 bits per heavy atom. The molecule has 1 aromatic heterocycles. The highest BCUT2D eigenvalue weighted by Crippen LogP contribution is 2.28. The average molecular weight is 378 g/mol. The summed E-state index contributed by atoms with van der Waals surface area (Å²) in [7, 11) is 0. The molecule has 0 bridgehead atoms. The number of aryl methyl sites for hydroxylation is 2. The Balaban J connectivity index is 1.47. The van der Waals surface area contributed by atoms with Crippen molar-refractivity contribution in [2.24, 2.45) is 0 Å². The molecular weight excluding hydrogens is 342 g/mol. The van der Waals surface area contributed by atoms with Crippen LogP contribution in [0.4, 0.5) is 0 Å². The van der Waals surface area contributed by atoms with E-state index in [1.807, 2.05) is 6.07 Å². The van der Waals surface area contributed by atoms with Crippen LogP contribution < -0.4 is 0 Å². The molecule has 0 saturated carbocycles. The lowest BCUT2D eigenvalue weighted by Crippen LogP contribution is -1.91. The third-order valence-corrected chi connectivity index (χ3v) is 5.62. The highest BCUT2D eigenvalue weighted by Gasteiger charge is 2.08. The fourth-order valence-corrected chi connectivity index (χ4v) is 4.08. The number of nitrogens with zero attached hydrogens (tertiary/aromatic N) is 2. The number of aromatic nitrogens is 3. The molecule has 0 unspecified atom stereocenters. The van der Waals surface area contributed by atoms with E-state index >= 15 is 0 Å². The summed E-state index contributed by atoms with van der Waals surface area (Å²) in [4.78, 5) is 0. The minimum absolute atomic E-state index is 0.956. The van der Waals surface area contributed by atoms with Crippen molar-refractivity contribution in [2.45, 2.75) is 84.5 Å². The van der Waals surface area contributed by atoms with E-state index in [0.29, 0.717) is 0 Å². The molecule has 0 spiro atoms. The first-order valence-electron chi connectivity index (χ1n) is 11.2. The predicted octanol–water partition coefficient (Wildman–Crippen LogP) is 7.40. The Morgan fingerprint density at radius 2 is 1.54 bits per heavy atom. The molecule has 0 atom stereocenters. The predicted molar refractivity (Wildman–Crippen MR) is 120 cm³/mol. The second-order valence-corrected chi connectivity index (χ2v) is 8.15. The van der Waals surface area contributed by atoms with Gasteiger partial charge in [0.2, 0.25) is 0 Å². The fourth-order valence-electron chi connectivity index (χ4n) is 4.08. The van der Waals surface area contributed by atoms with Crippen molar-refractivity contribution in [2.75, 3.05) is 0 Å².